The molecule has 7 N–H and O–H groups in total. The molecule has 326 valence electrons. The Morgan fingerprint density at radius 3 is 2.46 bits per heavy atom. The third-order valence-electron chi connectivity index (χ3n) is 11.2. The SMILES string of the molecule is CC(C)(O)c1cnnn1[C@H]1C[C@@H](C(=O)NC(CCCCNC(O)OCc2ccccc2)C(=O)C(N)=O)N(C(=O)[C@@H](CC2CCCCC2)NC(=O)c2ccc3nccnc3n2)C1. The molecule has 5 atom stereocenters. The van der Waals surface area contributed by atoms with Gasteiger partial charge in [-0.25, -0.2) is 14.6 Å². The number of likely N-dealkylation sites (tertiary alicyclic amines) is 1. The van der Waals surface area contributed by atoms with Crippen molar-refractivity contribution in [1.82, 2.24) is 50.8 Å². The van der Waals surface area contributed by atoms with Crippen LogP contribution in [0.4, 0.5) is 0 Å². The second-order valence-electron chi connectivity index (χ2n) is 16.3. The van der Waals surface area contributed by atoms with Crippen LogP contribution in [-0.4, -0.2) is 112 Å². The molecule has 1 aromatic carbocycles. The van der Waals surface area contributed by atoms with Gasteiger partial charge in [0.05, 0.1) is 30.6 Å². The highest BCUT2D eigenvalue weighted by Crippen LogP contribution is 2.33. The number of hydrogen-bond acceptors (Lipinski definition) is 14. The Kier molecular flexibility index (Phi) is 15.2. The van der Waals surface area contributed by atoms with Crippen LogP contribution in [0.25, 0.3) is 11.2 Å². The van der Waals surface area contributed by atoms with E-state index in [0.717, 1.165) is 37.7 Å². The van der Waals surface area contributed by atoms with E-state index >= 15 is 0 Å². The van der Waals surface area contributed by atoms with Gasteiger partial charge in [-0.3, -0.25) is 34.3 Å². The summed E-state index contributed by atoms with van der Waals surface area (Å²) in [5.41, 5.74) is 6.10. The third kappa shape index (κ3) is 12.0. The van der Waals surface area contributed by atoms with Gasteiger partial charge in [-0.05, 0) is 69.7 Å². The van der Waals surface area contributed by atoms with Crippen LogP contribution in [0, 0.1) is 5.92 Å². The summed E-state index contributed by atoms with van der Waals surface area (Å²) in [4.78, 5) is 82.5. The average molecular weight is 842 g/mol. The molecule has 4 aromatic rings. The summed E-state index contributed by atoms with van der Waals surface area (Å²) in [6.07, 6.45) is 9.10. The van der Waals surface area contributed by atoms with Gasteiger partial charge in [0, 0.05) is 25.4 Å². The molecule has 2 unspecified atom stereocenters. The molecule has 3 aromatic heterocycles. The normalized spacial score (nSPS) is 18.7. The van der Waals surface area contributed by atoms with Crippen LogP contribution >= 0.6 is 0 Å². The number of ketones is 1. The Bertz CT molecular complexity index is 2140. The number of aliphatic hydroxyl groups is 2. The quantitative estimate of drug-likeness (QED) is 0.0419. The summed E-state index contributed by atoms with van der Waals surface area (Å²) in [5.74, 6) is -3.94. The maximum atomic E-state index is 14.9. The molecule has 4 heterocycles. The first-order chi connectivity index (χ1) is 29.3. The van der Waals surface area contributed by atoms with Gasteiger partial charge in [0.1, 0.15) is 28.9 Å². The fourth-order valence-corrected chi connectivity index (χ4v) is 8.04. The van der Waals surface area contributed by atoms with Crippen molar-refractivity contribution in [1.29, 1.82) is 0 Å². The Balaban J connectivity index is 1.19. The van der Waals surface area contributed by atoms with Crippen LogP contribution in [0.2, 0.25) is 0 Å². The van der Waals surface area contributed by atoms with Gasteiger partial charge in [-0.1, -0.05) is 67.6 Å². The highest BCUT2D eigenvalue weighted by atomic mass is 16.6. The molecular formula is C42H55N11O8. The molecule has 1 saturated heterocycles. The number of aliphatic hydroxyl groups excluding tert-OH is 1. The predicted octanol–water partition coefficient (Wildman–Crippen LogP) is 1.55. The average Bonchev–Trinajstić information content (AvgIpc) is 3.94. The van der Waals surface area contributed by atoms with Crippen molar-refractivity contribution in [3.63, 3.8) is 0 Å². The second-order valence-corrected chi connectivity index (χ2v) is 16.3. The number of Topliss-reactive ketones (excluding diaryl/α,β-unsaturated/α-hetero) is 1. The standard InChI is InChI=1S/C42H55N11O8/c1-42(2,60)34-23-47-51-53(34)28-22-33(39(57)49-29(35(54)36(43)55)15-9-10-18-46-41(59)61-25-27-13-7-4-8-14-27)52(24-28)40(58)32(21-26-11-5-3-6-12-26)50-38(56)31-17-16-30-37(48-31)45-20-19-44-30/h4,7-8,13-14,16-17,19-20,23,26,28-29,32-33,41,46,59-60H,3,5-6,9-12,15,18,21-22,24-25H2,1-2H3,(H2,43,55)(H,49,57)(H,50,56)/t28-,29?,32+,33-,41?/m0/s1. The number of nitrogens with one attached hydrogen (secondary N) is 3. The molecule has 61 heavy (non-hydrogen) atoms. The summed E-state index contributed by atoms with van der Waals surface area (Å²) < 4.78 is 6.91. The Labute approximate surface area is 353 Å². The lowest BCUT2D eigenvalue weighted by molar-refractivity contribution is -0.142. The van der Waals surface area contributed by atoms with Gasteiger partial charge in [0.25, 0.3) is 11.8 Å². The Morgan fingerprint density at radius 1 is 0.967 bits per heavy atom. The van der Waals surface area contributed by atoms with Crippen LogP contribution in [0.5, 0.6) is 0 Å². The number of rotatable bonds is 20. The number of nitrogens with two attached hydrogens (primary N) is 1. The molecule has 4 amide bonds. The van der Waals surface area contributed by atoms with E-state index in [0.29, 0.717) is 37.0 Å². The summed E-state index contributed by atoms with van der Waals surface area (Å²) in [7, 11) is 0. The molecule has 19 heteroatoms. The number of amides is 4. The molecule has 0 spiro atoms. The number of benzene rings is 1. The van der Waals surface area contributed by atoms with Crippen LogP contribution in [0.3, 0.4) is 0 Å². The molecule has 1 saturated carbocycles. The van der Waals surface area contributed by atoms with Gasteiger partial charge in [-0.15, -0.1) is 5.10 Å². The maximum Gasteiger partial charge on any atom is 0.287 e. The fraction of sp³-hybridized carbons (Fsp3) is 0.524. The number of aromatic nitrogens is 6. The zero-order valence-corrected chi connectivity index (χ0v) is 34.5. The fourth-order valence-electron chi connectivity index (χ4n) is 8.04. The second kappa shape index (κ2) is 20.7. The van der Waals surface area contributed by atoms with Gasteiger partial charge < -0.3 is 36.2 Å². The Morgan fingerprint density at radius 2 is 1.72 bits per heavy atom. The number of pyridine rings is 1. The number of nitrogens with zero attached hydrogens (tertiary/aromatic N) is 7. The summed E-state index contributed by atoms with van der Waals surface area (Å²) >= 11 is 0. The lowest BCUT2D eigenvalue weighted by Gasteiger charge is -2.32. The van der Waals surface area contributed by atoms with Crippen LogP contribution in [-0.2, 0) is 36.1 Å². The maximum absolute atomic E-state index is 14.9. The van der Waals surface area contributed by atoms with Crippen LogP contribution in [0.15, 0.2) is 61.1 Å². The first kappa shape index (κ1) is 44.8. The first-order valence-electron chi connectivity index (χ1n) is 20.8. The van der Waals surface area contributed by atoms with Gasteiger partial charge in [-0.2, -0.15) is 0 Å². The number of hydrogen-bond donors (Lipinski definition) is 6. The van der Waals surface area contributed by atoms with E-state index in [4.69, 9.17) is 10.5 Å². The Hall–Kier alpha value is -5.76. The minimum atomic E-state index is -1.37. The van der Waals surface area contributed by atoms with E-state index in [1.54, 1.807) is 19.9 Å². The minimum absolute atomic E-state index is 0.0152. The number of unbranched alkanes of at least 4 members (excludes halogenated alkanes) is 1. The zero-order chi connectivity index (χ0) is 43.5. The topological polar surface area (TPSA) is 270 Å². The van der Waals surface area contributed by atoms with Gasteiger partial charge in [0.15, 0.2) is 5.65 Å². The first-order valence-corrected chi connectivity index (χ1v) is 20.8. The molecule has 6 rings (SSSR count). The molecule has 0 bridgehead atoms. The monoisotopic (exact) mass is 841 g/mol. The number of fused-ring (bicyclic) bond motifs is 1. The van der Waals surface area contributed by atoms with Crippen molar-refractivity contribution in [3.05, 3.63) is 78.0 Å². The van der Waals surface area contributed by atoms with E-state index in [1.807, 2.05) is 30.3 Å². The van der Waals surface area contributed by atoms with E-state index in [9.17, 15) is 34.2 Å². The number of carbonyl (C=O) groups is 5. The lowest BCUT2D eigenvalue weighted by Crippen LogP contribution is -2.56. The molecule has 19 nitrogen and oxygen atoms in total. The summed E-state index contributed by atoms with van der Waals surface area (Å²) in [6.45, 7) is 3.59. The van der Waals surface area contributed by atoms with Crippen molar-refractivity contribution in [2.24, 2.45) is 11.7 Å². The predicted molar refractivity (Wildman–Crippen MR) is 219 cm³/mol. The highest BCUT2D eigenvalue weighted by Gasteiger charge is 2.45. The number of carbonyl (C=O) groups excluding carboxylic acids is 5. The van der Waals surface area contributed by atoms with E-state index < -0.39 is 65.6 Å². The highest BCUT2D eigenvalue weighted by molar-refractivity contribution is 6.37. The van der Waals surface area contributed by atoms with E-state index in [1.165, 1.54) is 34.2 Å². The van der Waals surface area contributed by atoms with Crippen LogP contribution < -0.4 is 21.7 Å². The molecule has 1 aliphatic carbocycles. The van der Waals surface area contributed by atoms with E-state index in [-0.39, 0.29) is 43.3 Å². The summed E-state index contributed by atoms with van der Waals surface area (Å²) in [6, 6.07) is 8.29. The van der Waals surface area contributed by atoms with Crippen molar-refractivity contribution in [3.8, 4) is 0 Å². The number of ether oxygens (including phenoxy) is 1. The van der Waals surface area contributed by atoms with Crippen molar-refractivity contribution in [2.45, 2.75) is 121 Å². The number of primary amides is 1. The molecule has 1 aliphatic heterocycles. The largest absolute Gasteiger partial charge is 0.384 e. The zero-order valence-electron chi connectivity index (χ0n) is 34.5. The van der Waals surface area contributed by atoms with Crippen molar-refractivity contribution >= 4 is 40.6 Å². The molecule has 2 aliphatic rings. The van der Waals surface area contributed by atoms with Gasteiger partial charge >= 0.3 is 0 Å². The third-order valence-corrected chi connectivity index (χ3v) is 11.2. The van der Waals surface area contributed by atoms with Crippen molar-refractivity contribution in [2.75, 3.05) is 13.1 Å². The lowest BCUT2D eigenvalue weighted by atomic mass is 9.84. The van der Waals surface area contributed by atoms with E-state index in [2.05, 4.69) is 41.2 Å². The van der Waals surface area contributed by atoms with Crippen molar-refractivity contribution < 1.29 is 38.9 Å². The smallest absolute Gasteiger partial charge is 0.287 e. The molecule has 2 fully saturated rings. The van der Waals surface area contributed by atoms with Crippen LogP contribution in [0.1, 0.15) is 106 Å². The van der Waals surface area contributed by atoms with Gasteiger partial charge in [0.2, 0.25) is 24.0 Å². The summed E-state index contributed by atoms with van der Waals surface area (Å²) in [5, 5.41) is 37.8. The minimum Gasteiger partial charge on any atom is -0.384 e. The molecular weight excluding hydrogens is 787 g/mol. The molecule has 0 radical (unpaired) electrons.